The van der Waals surface area contributed by atoms with E-state index >= 15 is 0 Å². The molecule has 3 rings (SSSR count). The average molecular weight is 325 g/mol. The number of ether oxygens (including phenoxy) is 1. The first-order valence-corrected chi connectivity index (χ1v) is 7.74. The second kappa shape index (κ2) is 7.04. The van der Waals surface area contributed by atoms with Crippen molar-refractivity contribution < 1.29 is 14.3 Å². The number of hydrogen-bond acceptors (Lipinski definition) is 4. The first kappa shape index (κ1) is 15.9. The summed E-state index contributed by atoms with van der Waals surface area (Å²) >= 11 is 0. The molecule has 2 aromatic carbocycles. The highest BCUT2D eigenvalue weighted by atomic mass is 16.5. The molecule has 1 aliphatic rings. The van der Waals surface area contributed by atoms with Crippen LogP contribution in [0.3, 0.4) is 0 Å². The first-order valence-electron chi connectivity index (χ1n) is 7.74. The predicted octanol–water partition coefficient (Wildman–Crippen LogP) is 1.64. The first-order chi connectivity index (χ1) is 11.7. The lowest BCUT2D eigenvalue weighted by molar-refractivity contribution is -0.127. The van der Waals surface area contributed by atoms with Crippen LogP contribution < -0.4 is 20.3 Å². The SMILES string of the molecule is CNC(=O)[C@@H]1CN(CC(=O)Nc2ccccc2)c2ccccc2O1. The van der Waals surface area contributed by atoms with Gasteiger partial charge in [0.2, 0.25) is 5.91 Å². The van der Waals surface area contributed by atoms with E-state index in [4.69, 9.17) is 4.74 Å². The van der Waals surface area contributed by atoms with Gasteiger partial charge in [0, 0.05) is 12.7 Å². The third-order valence-electron chi connectivity index (χ3n) is 3.79. The van der Waals surface area contributed by atoms with Gasteiger partial charge in [-0.15, -0.1) is 0 Å². The van der Waals surface area contributed by atoms with Crippen molar-refractivity contribution in [3.63, 3.8) is 0 Å². The number of hydrogen-bond donors (Lipinski definition) is 2. The molecule has 1 aliphatic heterocycles. The van der Waals surface area contributed by atoms with Crippen molar-refractivity contribution in [2.45, 2.75) is 6.10 Å². The van der Waals surface area contributed by atoms with Crippen molar-refractivity contribution in [3.05, 3.63) is 54.6 Å². The molecule has 0 aliphatic carbocycles. The summed E-state index contributed by atoms with van der Waals surface area (Å²) in [6, 6.07) is 16.7. The largest absolute Gasteiger partial charge is 0.477 e. The van der Waals surface area contributed by atoms with Gasteiger partial charge in [0.05, 0.1) is 18.8 Å². The van der Waals surface area contributed by atoms with Crippen LogP contribution in [0.4, 0.5) is 11.4 Å². The summed E-state index contributed by atoms with van der Waals surface area (Å²) in [4.78, 5) is 26.1. The summed E-state index contributed by atoms with van der Waals surface area (Å²) in [5.41, 5.74) is 1.55. The van der Waals surface area contributed by atoms with Gasteiger partial charge in [-0.25, -0.2) is 0 Å². The molecule has 6 nitrogen and oxygen atoms in total. The third-order valence-corrected chi connectivity index (χ3v) is 3.79. The number of nitrogens with one attached hydrogen (secondary N) is 2. The van der Waals surface area contributed by atoms with Crippen molar-refractivity contribution in [1.29, 1.82) is 0 Å². The van der Waals surface area contributed by atoms with Crippen molar-refractivity contribution in [1.82, 2.24) is 5.32 Å². The maximum Gasteiger partial charge on any atom is 0.262 e. The summed E-state index contributed by atoms with van der Waals surface area (Å²) in [6.45, 7) is 0.460. The molecule has 0 aromatic heterocycles. The Morgan fingerprint density at radius 1 is 1.12 bits per heavy atom. The Balaban J connectivity index is 1.75. The number of carbonyl (C=O) groups excluding carboxylic acids is 2. The summed E-state index contributed by atoms with van der Waals surface area (Å²) in [5.74, 6) is 0.247. The molecule has 0 saturated heterocycles. The smallest absolute Gasteiger partial charge is 0.262 e. The zero-order chi connectivity index (χ0) is 16.9. The van der Waals surface area contributed by atoms with Gasteiger partial charge in [0.15, 0.2) is 6.10 Å². The van der Waals surface area contributed by atoms with Gasteiger partial charge in [-0.1, -0.05) is 30.3 Å². The lowest BCUT2D eigenvalue weighted by Crippen LogP contribution is -2.50. The molecule has 0 spiro atoms. The summed E-state index contributed by atoms with van der Waals surface area (Å²) < 4.78 is 5.73. The summed E-state index contributed by atoms with van der Waals surface area (Å²) in [6.07, 6.45) is -0.644. The Bertz CT molecular complexity index is 733. The Morgan fingerprint density at radius 2 is 1.83 bits per heavy atom. The molecular formula is C18H19N3O3. The van der Waals surface area contributed by atoms with Gasteiger partial charge in [0.25, 0.3) is 5.91 Å². The van der Waals surface area contributed by atoms with Gasteiger partial charge >= 0.3 is 0 Å². The van der Waals surface area contributed by atoms with E-state index in [0.29, 0.717) is 12.3 Å². The fraction of sp³-hybridized carbons (Fsp3) is 0.222. The molecule has 2 aromatic rings. The highest BCUT2D eigenvalue weighted by molar-refractivity contribution is 5.94. The third kappa shape index (κ3) is 3.48. The molecule has 1 heterocycles. The van der Waals surface area contributed by atoms with E-state index in [1.165, 1.54) is 0 Å². The Morgan fingerprint density at radius 3 is 2.58 bits per heavy atom. The quantitative estimate of drug-likeness (QED) is 0.896. The van der Waals surface area contributed by atoms with Crippen LogP contribution in [-0.4, -0.2) is 38.1 Å². The van der Waals surface area contributed by atoms with Gasteiger partial charge in [-0.05, 0) is 24.3 Å². The lowest BCUT2D eigenvalue weighted by Gasteiger charge is -2.34. The highest BCUT2D eigenvalue weighted by Crippen LogP contribution is 2.32. The second-order valence-corrected chi connectivity index (χ2v) is 5.48. The van der Waals surface area contributed by atoms with Crippen LogP contribution in [0.1, 0.15) is 0 Å². The Labute approximate surface area is 140 Å². The topological polar surface area (TPSA) is 70.7 Å². The maximum absolute atomic E-state index is 12.3. The minimum atomic E-state index is -0.644. The predicted molar refractivity (Wildman–Crippen MR) is 92.2 cm³/mol. The number of anilines is 2. The molecule has 1 atom stereocenters. The summed E-state index contributed by atoms with van der Waals surface area (Å²) in [5, 5.41) is 5.44. The standard InChI is InChI=1S/C18H19N3O3/c1-19-18(23)16-11-21(14-9-5-6-10-15(14)24-16)12-17(22)20-13-7-3-2-4-8-13/h2-10,16H,11-12H2,1H3,(H,19,23)(H,20,22)/t16-/m0/s1. The summed E-state index contributed by atoms with van der Waals surface area (Å²) in [7, 11) is 1.57. The molecule has 124 valence electrons. The monoisotopic (exact) mass is 325 g/mol. The van der Waals surface area contributed by atoms with Crippen LogP contribution in [0, 0.1) is 0 Å². The van der Waals surface area contributed by atoms with E-state index in [2.05, 4.69) is 10.6 Å². The lowest BCUT2D eigenvalue weighted by atomic mass is 10.1. The van der Waals surface area contributed by atoms with Gasteiger partial charge < -0.3 is 20.3 Å². The second-order valence-electron chi connectivity index (χ2n) is 5.48. The molecule has 2 amide bonds. The Kier molecular flexibility index (Phi) is 4.65. The van der Waals surface area contributed by atoms with E-state index in [9.17, 15) is 9.59 Å². The maximum atomic E-state index is 12.3. The van der Waals surface area contributed by atoms with Crippen molar-refractivity contribution >= 4 is 23.2 Å². The molecule has 0 saturated carbocycles. The van der Waals surface area contributed by atoms with Crippen LogP contribution in [0.25, 0.3) is 0 Å². The van der Waals surface area contributed by atoms with Crippen molar-refractivity contribution in [2.75, 3.05) is 30.4 Å². The fourth-order valence-corrected chi connectivity index (χ4v) is 2.65. The minimum Gasteiger partial charge on any atom is -0.477 e. The number of fused-ring (bicyclic) bond motifs is 1. The number of amides is 2. The van der Waals surface area contributed by atoms with Gasteiger partial charge in [-0.3, -0.25) is 9.59 Å². The molecule has 0 radical (unpaired) electrons. The van der Waals surface area contributed by atoms with E-state index in [1.54, 1.807) is 13.1 Å². The average Bonchev–Trinajstić information content (AvgIpc) is 2.61. The van der Waals surface area contributed by atoms with E-state index in [-0.39, 0.29) is 18.4 Å². The van der Waals surface area contributed by atoms with Crippen molar-refractivity contribution in [2.24, 2.45) is 0 Å². The van der Waals surface area contributed by atoms with Gasteiger partial charge in [-0.2, -0.15) is 0 Å². The Hall–Kier alpha value is -3.02. The minimum absolute atomic E-state index is 0.142. The molecule has 0 fully saturated rings. The number of para-hydroxylation sites is 3. The molecule has 0 unspecified atom stereocenters. The van der Waals surface area contributed by atoms with Gasteiger partial charge in [0.1, 0.15) is 5.75 Å². The number of carbonyl (C=O) groups is 2. The fourth-order valence-electron chi connectivity index (χ4n) is 2.65. The van der Waals surface area contributed by atoms with E-state index in [0.717, 1.165) is 11.4 Å². The number of rotatable bonds is 4. The highest BCUT2D eigenvalue weighted by Gasteiger charge is 2.30. The number of benzene rings is 2. The number of nitrogens with zero attached hydrogens (tertiary/aromatic N) is 1. The zero-order valence-corrected chi connectivity index (χ0v) is 13.4. The molecule has 0 bridgehead atoms. The van der Waals surface area contributed by atoms with Crippen LogP contribution in [0.2, 0.25) is 0 Å². The van der Waals surface area contributed by atoms with E-state index in [1.807, 2.05) is 53.4 Å². The zero-order valence-electron chi connectivity index (χ0n) is 13.4. The van der Waals surface area contributed by atoms with Crippen LogP contribution in [0.15, 0.2) is 54.6 Å². The normalized spacial score (nSPS) is 15.9. The number of likely N-dealkylation sites (N-methyl/N-ethyl adjacent to an activating group) is 1. The van der Waals surface area contributed by atoms with Crippen LogP contribution in [-0.2, 0) is 9.59 Å². The van der Waals surface area contributed by atoms with Crippen LogP contribution in [0.5, 0.6) is 5.75 Å². The molecule has 6 heteroatoms. The molecule has 2 N–H and O–H groups in total. The van der Waals surface area contributed by atoms with Crippen molar-refractivity contribution in [3.8, 4) is 5.75 Å². The van der Waals surface area contributed by atoms with E-state index < -0.39 is 6.10 Å². The van der Waals surface area contributed by atoms with Crippen LogP contribution >= 0.6 is 0 Å². The molecular weight excluding hydrogens is 306 g/mol. The molecule has 24 heavy (non-hydrogen) atoms.